The summed E-state index contributed by atoms with van der Waals surface area (Å²) in [6.45, 7) is 4.20. The second-order valence-electron chi connectivity index (χ2n) is 11.9. The van der Waals surface area contributed by atoms with Crippen molar-refractivity contribution in [2.75, 3.05) is 41.7 Å². The molecule has 4 aromatic rings. The number of benzene rings is 3. The lowest BCUT2D eigenvalue weighted by Crippen LogP contribution is -2.47. The van der Waals surface area contributed by atoms with Gasteiger partial charge < -0.3 is 26.2 Å². The van der Waals surface area contributed by atoms with Gasteiger partial charge in [-0.1, -0.05) is 60.7 Å². The van der Waals surface area contributed by atoms with Gasteiger partial charge in [0.1, 0.15) is 5.82 Å². The first-order valence-electron chi connectivity index (χ1n) is 15.5. The fourth-order valence-corrected chi connectivity index (χ4v) is 6.49. The topological polar surface area (TPSA) is 91.7 Å². The van der Waals surface area contributed by atoms with Crippen LogP contribution < -0.4 is 21.3 Å². The Kier molecular flexibility index (Phi) is 8.89. The zero-order valence-corrected chi connectivity index (χ0v) is 24.8. The number of amides is 1. The van der Waals surface area contributed by atoms with E-state index in [9.17, 15) is 4.79 Å². The normalized spacial score (nSPS) is 18.8. The second kappa shape index (κ2) is 13.3. The average Bonchev–Trinajstić information content (AvgIpc) is 3.05. The molecule has 1 saturated carbocycles. The number of nitrogens with zero attached hydrogens (tertiary/aromatic N) is 4. The highest BCUT2D eigenvalue weighted by Gasteiger charge is 2.28. The lowest BCUT2D eigenvalue weighted by molar-refractivity contribution is -0.134. The Morgan fingerprint density at radius 2 is 1.47 bits per heavy atom. The average molecular weight is 575 g/mol. The van der Waals surface area contributed by atoms with Crippen molar-refractivity contribution in [2.45, 2.75) is 50.7 Å². The Bertz CT molecular complexity index is 1490. The summed E-state index contributed by atoms with van der Waals surface area (Å²) in [5.74, 6) is 1.20. The number of carbonyl (C=O) groups excluding carboxylic acids is 1. The molecule has 222 valence electrons. The van der Waals surface area contributed by atoms with Crippen LogP contribution in [0.3, 0.4) is 0 Å². The van der Waals surface area contributed by atoms with Crippen molar-refractivity contribution in [2.24, 2.45) is 5.73 Å². The van der Waals surface area contributed by atoms with E-state index in [1.165, 1.54) is 0 Å². The number of carbonyl (C=O) groups is 1. The molecule has 4 N–H and O–H groups in total. The lowest BCUT2D eigenvalue weighted by atomic mass is 9.90. The van der Waals surface area contributed by atoms with Gasteiger partial charge in [0.25, 0.3) is 0 Å². The van der Waals surface area contributed by atoms with Crippen molar-refractivity contribution >= 4 is 23.1 Å². The number of piperazine rings is 1. The quantitative estimate of drug-likeness (QED) is 0.270. The van der Waals surface area contributed by atoms with Gasteiger partial charge in [-0.2, -0.15) is 0 Å². The van der Waals surface area contributed by atoms with E-state index < -0.39 is 0 Å². The van der Waals surface area contributed by atoms with Crippen LogP contribution in [0.15, 0.2) is 97.2 Å². The molecular weight excluding hydrogens is 532 g/mol. The summed E-state index contributed by atoms with van der Waals surface area (Å²) in [4.78, 5) is 24.9. The molecule has 2 fully saturated rings. The van der Waals surface area contributed by atoms with E-state index in [2.05, 4.69) is 68.2 Å². The molecule has 43 heavy (non-hydrogen) atoms. The van der Waals surface area contributed by atoms with Crippen LogP contribution in [0.5, 0.6) is 0 Å². The highest BCUT2D eigenvalue weighted by atomic mass is 16.2. The van der Waals surface area contributed by atoms with Gasteiger partial charge in [0.15, 0.2) is 0 Å². The number of hydrogen-bond donors (Lipinski definition) is 2. The van der Waals surface area contributed by atoms with Crippen LogP contribution in [0.2, 0.25) is 0 Å². The molecule has 7 heteroatoms. The monoisotopic (exact) mass is 574 g/mol. The Morgan fingerprint density at radius 1 is 0.767 bits per heavy atom. The predicted molar refractivity (Wildman–Crippen MR) is 176 cm³/mol. The molecular formula is C36H42N6O. The lowest BCUT2D eigenvalue weighted by Gasteiger charge is -2.37. The molecule has 6 rings (SSSR count). The van der Waals surface area contributed by atoms with Crippen LogP contribution in [-0.2, 0) is 17.8 Å². The van der Waals surface area contributed by atoms with Gasteiger partial charge in [-0.25, -0.2) is 4.98 Å². The highest BCUT2D eigenvalue weighted by molar-refractivity contribution is 5.80. The third kappa shape index (κ3) is 7.00. The minimum Gasteiger partial charge on any atom is -0.397 e. The van der Waals surface area contributed by atoms with Crippen molar-refractivity contribution < 1.29 is 4.79 Å². The van der Waals surface area contributed by atoms with Gasteiger partial charge in [-0.3, -0.25) is 4.79 Å². The number of aromatic nitrogens is 1. The van der Waals surface area contributed by atoms with Crippen molar-refractivity contribution in [3.63, 3.8) is 0 Å². The molecule has 2 aliphatic rings. The molecule has 0 atom stereocenters. The van der Waals surface area contributed by atoms with E-state index >= 15 is 0 Å². The Morgan fingerprint density at radius 3 is 2.19 bits per heavy atom. The summed E-state index contributed by atoms with van der Waals surface area (Å²) in [5, 5.41) is 0. The Labute approximate surface area is 255 Å². The molecule has 1 saturated heterocycles. The SMILES string of the molecule is Nc1cc(-c2cccc(CN(C(=O)Cc3ccccc3)C3CCC(N)CC3)c2)ccc1N1CCN(c2ccccn2)CC1. The molecule has 1 amide bonds. The molecule has 0 spiro atoms. The number of rotatable bonds is 8. The van der Waals surface area contributed by atoms with Crippen LogP contribution in [0, 0.1) is 0 Å². The summed E-state index contributed by atoms with van der Waals surface area (Å²) < 4.78 is 0. The standard InChI is InChI=1S/C36H42N6O/c37-31-13-15-32(16-14-31)42(36(43)24-27-7-2-1-3-8-27)26-28-9-6-10-29(23-28)30-12-17-34(33(38)25-30)40-19-21-41(22-20-40)35-11-4-5-18-39-35/h1-12,17-18,23,25,31-32H,13-16,19-22,24,26,37-38H2. The maximum absolute atomic E-state index is 13.7. The smallest absolute Gasteiger partial charge is 0.227 e. The Hall–Kier alpha value is -4.36. The van der Waals surface area contributed by atoms with E-state index in [4.69, 9.17) is 11.5 Å². The van der Waals surface area contributed by atoms with Crippen LogP contribution in [0.4, 0.5) is 17.2 Å². The molecule has 3 aromatic carbocycles. The van der Waals surface area contributed by atoms with E-state index in [1.54, 1.807) is 0 Å². The van der Waals surface area contributed by atoms with Gasteiger partial charge in [-0.15, -0.1) is 0 Å². The van der Waals surface area contributed by atoms with E-state index in [0.29, 0.717) is 13.0 Å². The minimum atomic E-state index is 0.175. The van der Waals surface area contributed by atoms with Gasteiger partial charge >= 0.3 is 0 Å². The van der Waals surface area contributed by atoms with Gasteiger partial charge in [0, 0.05) is 51.0 Å². The maximum atomic E-state index is 13.7. The molecule has 2 heterocycles. The van der Waals surface area contributed by atoms with Crippen LogP contribution >= 0.6 is 0 Å². The zero-order chi connectivity index (χ0) is 29.6. The Balaban J connectivity index is 1.16. The first-order chi connectivity index (χ1) is 21.0. The second-order valence-corrected chi connectivity index (χ2v) is 11.9. The van der Waals surface area contributed by atoms with E-state index in [0.717, 1.165) is 91.3 Å². The molecule has 1 aliphatic carbocycles. The number of pyridine rings is 1. The minimum absolute atomic E-state index is 0.175. The summed E-state index contributed by atoms with van der Waals surface area (Å²) >= 11 is 0. The number of hydrogen-bond acceptors (Lipinski definition) is 6. The molecule has 1 aliphatic heterocycles. The third-order valence-corrected chi connectivity index (χ3v) is 8.94. The predicted octanol–water partition coefficient (Wildman–Crippen LogP) is 5.50. The fraction of sp³-hybridized carbons (Fsp3) is 0.333. The van der Waals surface area contributed by atoms with Gasteiger partial charge in [0.05, 0.1) is 17.8 Å². The van der Waals surface area contributed by atoms with Gasteiger partial charge in [0.2, 0.25) is 5.91 Å². The van der Waals surface area contributed by atoms with Crippen molar-refractivity contribution in [3.8, 4) is 11.1 Å². The number of nitrogens with two attached hydrogens (primary N) is 2. The first-order valence-corrected chi connectivity index (χ1v) is 15.5. The molecule has 0 bridgehead atoms. The highest BCUT2D eigenvalue weighted by Crippen LogP contribution is 2.32. The van der Waals surface area contributed by atoms with Crippen molar-refractivity contribution in [1.29, 1.82) is 0 Å². The number of nitrogen functional groups attached to an aromatic ring is 1. The van der Waals surface area contributed by atoms with Crippen LogP contribution in [-0.4, -0.2) is 54.1 Å². The fourth-order valence-electron chi connectivity index (χ4n) is 6.49. The molecule has 1 aromatic heterocycles. The van der Waals surface area contributed by atoms with E-state index in [1.807, 2.05) is 48.7 Å². The summed E-state index contributed by atoms with van der Waals surface area (Å²) in [6.07, 6.45) is 6.09. The number of anilines is 3. The molecule has 0 unspecified atom stereocenters. The molecule has 7 nitrogen and oxygen atoms in total. The third-order valence-electron chi connectivity index (χ3n) is 8.94. The maximum Gasteiger partial charge on any atom is 0.227 e. The first kappa shape index (κ1) is 28.7. The zero-order valence-electron chi connectivity index (χ0n) is 24.8. The van der Waals surface area contributed by atoms with Crippen molar-refractivity contribution in [3.05, 3.63) is 108 Å². The summed E-state index contributed by atoms with van der Waals surface area (Å²) in [6, 6.07) is 31.5. The molecule has 0 radical (unpaired) electrons. The largest absolute Gasteiger partial charge is 0.397 e. The van der Waals surface area contributed by atoms with Crippen molar-refractivity contribution in [1.82, 2.24) is 9.88 Å². The summed E-state index contributed by atoms with van der Waals surface area (Å²) in [5.41, 5.74) is 19.1. The summed E-state index contributed by atoms with van der Waals surface area (Å²) in [7, 11) is 0. The van der Waals surface area contributed by atoms with E-state index in [-0.39, 0.29) is 18.0 Å². The van der Waals surface area contributed by atoms with Crippen LogP contribution in [0.25, 0.3) is 11.1 Å². The van der Waals surface area contributed by atoms with Crippen LogP contribution in [0.1, 0.15) is 36.8 Å². The van der Waals surface area contributed by atoms with Gasteiger partial charge in [-0.05, 0) is 78.3 Å².